The number of pyridine rings is 4. The number of halogens is 7. The highest BCUT2D eigenvalue weighted by Gasteiger charge is 2.16. The Morgan fingerprint density at radius 3 is 2.30 bits per heavy atom. The number of imidazole rings is 2. The fraction of sp³-hybridized carbons (Fsp3) is 0.0385. The summed E-state index contributed by atoms with van der Waals surface area (Å²) >= 11 is 26.6. The number of carbonyl (C=O) groups excluding carboxylic acids is 1. The fourth-order valence-electron chi connectivity index (χ4n) is 3.63. The van der Waals surface area contributed by atoms with E-state index in [-0.39, 0.29) is 5.56 Å². The van der Waals surface area contributed by atoms with Crippen LogP contribution in [0.5, 0.6) is 0 Å². The number of alkyl halides is 1. The average molecular weight is 815 g/mol. The number of aromatic nitrogens is 6. The number of H-pyrrole nitrogens is 1. The van der Waals surface area contributed by atoms with Gasteiger partial charge in [-0.1, -0.05) is 23.7 Å². The van der Waals surface area contributed by atoms with Crippen molar-refractivity contribution in [1.29, 1.82) is 0 Å². The van der Waals surface area contributed by atoms with Crippen LogP contribution in [0.15, 0.2) is 93.3 Å². The average Bonchev–Trinajstić information content (AvgIpc) is 3.57. The van der Waals surface area contributed by atoms with E-state index in [1.165, 1.54) is 0 Å². The SMILES string of the molecule is O=Cc1c(-c2cc(Br)cnc2Cl)nc2ccccn12.O=P(Cl)(Cl)Cl.O=c1[nH]cc(Br)cc1-c1cn2ccccc2n1.[2H]CF. The van der Waals surface area contributed by atoms with Gasteiger partial charge in [-0.25, -0.2) is 15.0 Å². The lowest BCUT2D eigenvalue weighted by atomic mass is 10.2. The molecular weight excluding hydrogens is 796 g/mol. The van der Waals surface area contributed by atoms with Crippen LogP contribution in [0, 0.1) is 0 Å². The molecule has 6 aromatic rings. The van der Waals surface area contributed by atoms with Crippen LogP contribution in [0.1, 0.15) is 11.9 Å². The van der Waals surface area contributed by atoms with Gasteiger partial charge in [0.1, 0.15) is 27.8 Å². The summed E-state index contributed by atoms with van der Waals surface area (Å²) in [6, 6.07) is 14.8. The van der Waals surface area contributed by atoms with Crippen LogP contribution in [0.2, 0.25) is 5.15 Å². The van der Waals surface area contributed by atoms with Gasteiger partial charge < -0.3 is 9.38 Å². The molecule has 6 rings (SSSR count). The first-order valence-electron chi connectivity index (χ1n) is 12.2. The van der Waals surface area contributed by atoms with Crippen molar-refractivity contribution in [3.8, 4) is 22.5 Å². The van der Waals surface area contributed by atoms with E-state index in [4.69, 9.17) is 13.0 Å². The smallest absolute Gasteiger partial charge is 0.327 e. The van der Waals surface area contributed by atoms with E-state index in [9.17, 15) is 18.5 Å². The number of aldehydes is 1. The highest BCUT2D eigenvalue weighted by atomic mass is 79.9. The van der Waals surface area contributed by atoms with Gasteiger partial charge in [0.2, 0.25) is 0 Å². The number of hydrogen-bond acceptors (Lipinski definition) is 6. The Labute approximate surface area is 281 Å². The molecule has 224 valence electrons. The highest BCUT2D eigenvalue weighted by Crippen LogP contribution is 2.61. The number of hydrogen-bond donors (Lipinski definition) is 1. The molecule has 43 heavy (non-hydrogen) atoms. The van der Waals surface area contributed by atoms with Gasteiger partial charge in [-0.2, -0.15) is 0 Å². The molecule has 17 heteroatoms. The molecule has 0 fully saturated rings. The molecule has 0 bridgehead atoms. The molecule has 0 aliphatic carbocycles. The molecule has 0 aliphatic heterocycles. The lowest BCUT2D eigenvalue weighted by molar-refractivity contribution is 0.111. The normalized spacial score (nSPS) is 10.9. The molecule has 0 aliphatic rings. The molecule has 0 saturated carbocycles. The zero-order chi connectivity index (χ0) is 32.4. The van der Waals surface area contributed by atoms with Crippen molar-refractivity contribution in [2.75, 3.05) is 7.15 Å². The molecule has 1 N–H and O–H groups in total. The van der Waals surface area contributed by atoms with Crippen LogP contribution in [0.3, 0.4) is 0 Å². The summed E-state index contributed by atoms with van der Waals surface area (Å²) in [6.45, 7) is 0. The van der Waals surface area contributed by atoms with Crippen molar-refractivity contribution in [2.45, 2.75) is 0 Å². The van der Waals surface area contributed by atoms with Crippen molar-refractivity contribution >= 4 is 100.0 Å². The zero-order valence-corrected chi connectivity index (χ0v) is 28.4. The van der Waals surface area contributed by atoms with Crippen molar-refractivity contribution in [1.82, 2.24) is 28.7 Å². The molecule has 0 amide bonds. The maximum absolute atomic E-state index is 11.7. The Bertz CT molecular complexity index is 1970. The van der Waals surface area contributed by atoms with E-state index in [1.807, 2.05) is 53.2 Å². The monoisotopic (exact) mass is 811 g/mol. The first kappa shape index (κ1) is 33.3. The Morgan fingerprint density at radius 2 is 1.65 bits per heavy atom. The molecule has 6 aromatic heterocycles. The molecule has 6 heterocycles. The highest BCUT2D eigenvalue weighted by molar-refractivity contribution is 9.10. The maximum atomic E-state index is 11.7. The van der Waals surface area contributed by atoms with Crippen LogP contribution < -0.4 is 5.56 Å². The van der Waals surface area contributed by atoms with Crippen LogP contribution in [0.25, 0.3) is 33.8 Å². The van der Waals surface area contributed by atoms with Crippen molar-refractivity contribution < 1.29 is 15.1 Å². The first-order chi connectivity index (χ1) is 20.9. The molecular formula is C26H18Br2Cl4FN6O3P. The zero-order valence-electron chi connectivity index (χ0n) is 22.3. The summed E-state index contributed by atoms with van der Waals surface area (Å²) in [7, 11) is -1.00. The van der Waals surface area contributed by atoms with Crippen molar-refractivity contribution in [2.24, 2.45) is 0 Å². The van der Waals surface area contributed by atoms with E-state index in [0.29, 0.717) is 39.0 Å². The van der Waals surface area contributed by atoms with Gasteiger partial charge in [0.25, 0.3) is 5.56 Å². The predicted octanol–water partition coefficient (Wildman–Crippen LogP) is 9.47. The lowest BCUT2D eigenvalue weighted by Gasteiger charge is -2.01. The topological polar surface area (TPSA) is 114 Å². The van der Waals surface area contributed by atoms with Gasteiger partial charge in [0, 0.05) is 45.5 Å². The Kier molecular flexibility index (Phi) is 12.4. The minimum atomic E-state index is -3.22. The van der Waals surface area contributed by atoms with E-state index >= 15 is 0 Å². The fourth-order valence-corrected chi connectivity index (χ4v) is 4.49. The standard InChI is InChI=1S/C13H7BrClN3O.C12H8BrN3O.CH3F.Cl3OP/c14-8-5-9(13(15)16-6-8)12-10(7-19)18-4-2-1-3-11(18)17-12;13-8-5-9(12(17)14-6-8)10-7-16-4-2-1-3-11(16)15-10;1-2;1-5(2,3)4/h1-7H;1-7H,(H,14,17);1H3;/i;;1D;. The largest absolute Gasteiger partial charge is 0.339 e. The first-order valence-corrected chi connectivity index (χ1v) is 17.8. The summed E-state index contributed by atoms with van der Waals surface area (Å²) in [5, 5.41) is -2.91. The second-order valence-electron chi connectivity index (χ2n) is 7.94. The molecule has 0 radical (unpaired) electrons. The molecule has 0 atom stereocenters. The molecule has 0 spiro atoms. The second kappa shape index (κ2) is 15.9. The van der Waals surface area contributed by atoms with Crippen LogP contribution >= 0.6 is 82.4 Å². The molecule has 9 nitrogen and oxygen atoms in total. The Morgan fingerprint density at radius 1 is 1.02 bits per heavy atom. The van der Waals surface area contributed by atoms with Crippen LogP contribution in [0.4, 0.5) is 4.39 Å². The van der Waals surface area contributed by atoms with Gasteiger partial charge >= 0.3 is 5.20 Å². The minimum absolute atomic E-state index is 0.142. The van der Waals surface area contributed by atoms with Crippen LogP contribution in [-0.4, -0.2) is 42.2 Å². The lowest BCUT2D eigenvalue weighted by Crippen LogP contribution is -2.07. The number of carbonyl (C=O) groups is 1. The summed E-state index contributed by atoms with van der Waals surface area (Å²) in [5.74, 6) is 0. The molecule has 0 aromatic carbocycles. The van der Waals surface area contributed by atoms with E-state index in [0.717, 1.165) is 20.9 Å². The van der Waals surface area contributed by atoms with Gasteiger partial charge in [-0.3, -0.25) is 22.9 Å². The Balaban J connectivity index is 0.000000195. The number of fused-ring (bicyclic) bond motifs is 2. The van der Waals surface area contributed by atoms with E-state index < -0.39 is 12.4 Å². The van der Waals surface area contributed by atoms with E-state index in [2.05, 4.69) is 85.5 Å². The van der Waals surface area contributed by atoms with E-state index in [1.54, 1.807) is 35.1 Å². The van der Waals surface area contributed by atoms with Crippen molar-refractivity contribution in [3.05, 3.63) is 110 Å². The third-order valence-corrected chi connectivity index (χ3v) is 6.44. The summed E-state index contributed by atoms with van der Waals surface area (Å²) in [6.07, 6.45) is 9.51. The van der Waals surface area contributed by atoms with Gasteiger partial charge in [0.15, 0.2) is 6.29 Å². The van der Waals surface area contributed by atoms with Gasteiger partial charge in [-0.05, 0) is 102 Å². The summed E-state index contributed by atoms with van der Waals surface area (Å²) in [4.78, 5) is 38.6. The molecule has 0 saturated heterocycles. The van der Waals surface area contributed by atoms with Crippen LogP contribution in [-0.2, 0) is 4.57 Å². The third-order valence-electron chi connectivity index (χ3n) is 5.25. The summed E-state index contributed by atoms with van der Waals surface area (Å²) in [5.41, 5.74) is 4.20. The quantitative estimate of drug-likeness (QED) is 0.108. The third kappa shape index (κ3) is 9.71. The number of aromatic amines is 1. The number of nitrogens with zero attached hydrogens (tertiary/aromatic N) is 5. The summed E-state index contributed by atoms with van der Waals surface area (Å²) < 4.78 is 30.2. The van der Waals surface area contributed by atoms with Gasteiger partial charge in [0.05, 0.1) is 19.8 Å². The predicted molar refractivity (Wildman–Crippen MR) is 178 cm³/mol. The van der Waals surface area contributed by atoms with Crippen molar-refractivity contribution in [3.63, 3.8) is 0 Å². The second-order valence-corrected chi connectivity index (χ2v) is 16.8. The van der Waals surface area contributed by atoms with Gasteiger partial charge in [-0.15, -0.1) is 0 Å². The number of rotatable bonds is 3. The molecule has 0 unspecified atom stereocenters. The maximum Gasteiger partial charge on any atom is 0.339 e. The minimum Gasteiger partial charge on any atom is -0.327 e. The number of nitrogens with one attached hydrogen (secondary N) is 1. The Hall–Kier alpha value is -2.57.